The Morgan fingerprint density at radius 3 is 2.53 bits per heavy atom. The van der Waals surface area contributed by atoms with E-state index in [-0.39, 0.29) is 5.91 Å². The molecule has 94 valence electrons. The molecule has 0 aromatic carbocycles. The van der Waals surface area contributed by atoms with Crippen molar-refractivity contribution in [1.82, 2.24) is 4.90 Å². The number of alkyl halides is 1. The van der Waals surface area contributed by atoms with E-state index < -0.39 is 5.38 Å². The molecule has 2 heterocycles. The van der Waals surface area contributed by atoms with Crippen LogP contribution in [0.25, 0.3) is 0 Å². The molecular weight excluding hydrogens is 254 g/mol. The molecule has 0 spiro atoms. The van der Waals surface area contributed by atoms with Gasteiger partial charge < -0.3 is 4.90 Å². The highest BCUT2D eigenvalue weighted by atomic mass is 35.5. The van der Waals surface area contributed by atoms with Gasteiger partial charge in [0.25, 0.3) is 0 Å². The second kappa shape index (κ2) is 5.87. The minimum Gasteiger partial charge on any atom is -0.341 e. The summed E-state index contributed by atoms with van der Waals surface area (Å²) < 4.78 is 0. The molecule has 1 saturated heterocycles. The summed E-state index contributed by atoms with van der Waals surface area (Å²) in [4.78, 5) is 15.2. The number of hydrogen-bond acceptors (Lipinski definition) is 2. The molecule has 0 saturated carbocycles. The lowest BCUT2D eigenvalue weighted by Crippen LogP contribution is -2.34. The van der Waals surface area contributed by atoms with Crippen LogP contribution in [0.15, 0.2) is 11.4 Å². The normalized spacial score (nSPS) is 18.8. The van der Waals surface area contributed by atoms with Gasteiger partial charge in [-0.05, 0) is 36.8 Å². The highest BCUT2D eigenvalue weighted by Crippen LogP contribution is 2.31. The Morgan fingerprint density at radius 1 is 1.35 bits per heavy atom. The lowest BCUT2D eigenvalue weighted by atomic mass is 10.2. The first-order valence-corrected chi connectivity index (χ1v) is 7.48. The molecule has 0 bridgehead atoms. The van der Waals surface area contributed by atoms with Crippen LogP contribution in [0.3, 0.4) is 0 Å². The van der Waals surface area contributed by atoms with Crippen LogP contribution in [0.1, 0.15) is 41.5 Å². The SMILES string of the molecule is Cc1ccsc1C(Cl)C(=O)N1CCCCCC1. The molecule has 0 radical (unpaired) electrons. The number of hydrogen-bond donors (Lipinski definition) is 0. The molecule has 1 unspecified atom stereocenters. The van der Waals surface area contributed by atoms with Crippen LogP contribution in [0.4, 0.5) is 0 Å². The zero-order valence-electron chi connectivity index (χ0n) is 10.1. The first-order chi connectivity index (χ1) is 8.20. The van der Waals surface area contributed by atoms with Crippen molar-refractivity contribution in [3.05, 3.63) is 21.9 Å². The summed E-state index contributed by atoms with van der Waals surface area (Å²) in [6.45, 7) is 3.75. The third kappa shape index (κ3) is 3.02. The number of aryl methyl sites for hydroxylation is 1. The van der Waals surface area contributed by atoms with Crippen molar-refractivity contribution >= 4 is 28.8 Å². The van der Waals surface area contributed by atoms with Crippen molar-refractivity contribution in [2.24, 2.45) is 0 Å². The molecule has 1 aromatic heterocycles. The van der Waals surface area contributed by atoms with Crippen molar-refractivity contribution in [3.63, 3.8) is 0 Å². The maximum atomic E-state index is 12.3. The van der Waals surface area contributed by atoms with Crippen LogP contribution in [0, 0.1) is 6.92 Å². The van der Waals surface area contributed by atoms with E-state index in [4.69, 9.17) is 11.6 Å². The Bertz CT molecular complexity index is 383. The fraction of sp³-hybridized carbons (Fsp3) is 0.615. The van der Waals surface area contributed by atoms with E-state index in [1.165, 1.54) is 12.8 Å². The minimum absolute atomic E-state index is 0.0825. The summed E-state index contributed by atoms with van der Waals surface area (Å²) in [5.74, 6) is 0.0825. The summed E-state index contributed by atoms with van der Waals surface area (Å²) in [7, 11) is 0. The minimum atomic E-state index is -0.493. The van der Waals surface area contributed by atoms with Gasteiger partial charge in [-0.3, -0.25) is 4.79 Å². The Labute approximate surface area is 112 Å². The van der Waals surface area contributed by atoms with Crippen molar-refractivity contribution in [1.29, 1.82) is 0 Å². The molecule has 1 aliphatic heterocycles. The van der Waals surface area contributed by atoms with Crippen LogP contribution in [-0.2, 0) is 4.79 Å². The van der Waals surface area contributed by atoms with Crippen LogP contribution in [-0.4, -0.2) is 23.9 Å². The van der Waals surface area contributed by atoms with Gasteiger partial charge in [-0.15, -0.1) is 22.9 Å². The largest absolute Gasteiger partial charge is 0.341 e. The van der Waals surface area contributed by atoms with Crippen molar-refractivity contribution in [2.45, 2.75) is 38.0 Å². The number of halogens is 1. The van der Waals surface area contributed by atoms with Gasteiger partial charge in [0.1, 0.15) is 5.38 Å². The second-order valence-electron chi connectivity index (χ2n) is 4.57. The Hall–Kier alpha value is -0.540. The first-order valence-electron chi connectivity index (χ1n) is 6.17. The molecule has 1 aliphatic rings. The van der Waals surface area contributed by atoms with Gasteiger partial charge in [0.15, 0.2) is 0 Å². The summed E-state index contributed by atoms with van der Waals surface area (Å²) in [6, 6.07) is 2.02. The molecule has 1 atom stereocenters. The fourth-order valence-corrected chi connectivity index (χ4v) is 3.57. The lowest BCUT2D eigenvalue weighted by Gasteiger charge is -2.22. The maximum absolute atomic E-state index is 12.3. The topological polar surface area (TPSA) is 20.3 Å². The van der Waals surface area contributed by atoms with Gasteiger partial charge in [0.2, 0.25) is 5.91 Å². The summed E-state index contributed by atoms with van der Waals surface area (Å²) >= 11 is 7.88. The van der Waals surface area contributed by atoms with E-state index in [2.05, 4.69) is 0 Å². The van der Waals surface area contributed by atoms with Crippen LogP contribution in [0.5, 0.6) is 0 Å². The molecule has 0 aliphatic carbocycles. The highest BCUT2D eigenvalue weighted by Gasteiger charge is 2.26. The van der Waals surface area contributed by atoms with E-state index >= 15 is 0 Å². The number of amides is 1. The van der Waals surface area contributed by atoms with E-state index in [0.717, 1.165) is 36.4 Å². The third-order valence-corrected chi connectivity index (χ3v) is 4.88. The molecule has 0 N–H and O–H groups in total. The zero-order valence-corrected chi connectivity index (χ0v) is 11.7. The van der Waals surface area contributed by atoms with E-state index in [9.17, 15) is 4.79 Å². The first kappa shape index (κ1) is 12.9. The standard InChI is InChI=1S/C13H18ClNOS/c1-10-6-9-17-12(10)11(14)13(16)15-7-4-2-3-5-8-15/h6,9,11H,2-5,7-8H2,1H3. The monoisotopic (exact) mass is 271 g/mol. The maximum Gasteiger partial charge on any atom is 0.246 e. The molecule has 2 rings (SSSR count). The number of thiophene rings is 1. The van der Waals surface area contributed by atoms with Gasteiger partial charge in [-0.1, -0.05) is 12.8 Å². The van der Waals surface area contributed by atoms with Gasteiger partial charge in [0.05, 0.1) is 0 Å². The van der Waals surface area contributed by atoms with Gasteiger partial charge in [0, 0.05) is 18.0 Å². The number of rotatable bonds is 2. The van der Waals surface area contributed by atoms with Crippen molar-refractivity contribution < 1.29 is 4.79 Å². The second-order valence-corrected chi connectivity index (χ2v) is 5.95. The summed E-state index contributed by atoms with van der Waals surface area (Å²) in [5.41, 5.74) is 1.12. The number of carbonyl (C=O) groups excluding carboxylic acids is 1. The van der Waals surface area contributed by atoms with E-state index in [1.807, 2.05) is 23.3 Å². The van der Waals surface area contributed by atoms with Crippen LogP contribution >= 0.6 is 22.9 Å². The summed E-state index contributed by atoms with van der Waals surface area (Å²) in [6.07, 6.45) is 4.68. The third-order valence-electron chi connectivity index (χ3n) is 3.27. The highest BCUT2D eigenvalue weighted by molar-refractivity contribution is 7.10. The quantitative estimate of drug-likeness (QED) is 0.751. The summed E-state index contributed by atoms with van der Waals surface area (Å²) in [5, 5.41) is 1.50. The smallest absolute Gasteiger partial charge is 0.246 e. The fourth-order valence-electron chi connectivity index (χ4n) is 2.21. The average molecular weight is 272 g/mol. The van der Waals surface area contributed by atoms with Gasteiger partial charge in [-0.25, -0.2) is 0 Å². The van der Waals surface area contributed by atoms with E-state index in [0.29, 0.717) is 0 Å². The van der Waals surface area contributed by atoms with Gasteiger partial charge >= 0.3 is 0 Å². The van der Waals surface area contributed by atoms with Gasteiger partial charge in [-0.2, -0.15) is 0 Å². The van der Waals surface area contributed by atoms with Crippen LogP contribution < -0.4 is 0 Å². The average Bonchev–Trinajstić information content (AvgIpc) is 2.60. The number of carbonyl (C=O) groups is 1. The molecule has 1 fully saturated rings. The Morgan fingerprint density at radius 2 is 2.00 bits per heavy atom. The van der Waals surface area contributed by atoms with Crippen molar-refractivity contribution in [3.8, 4) is 0 Å². The van der Waals surface area contributed by atoms with Crippen molar-refractivity contribution in [2.75, 3.05) is 13.1 Å². The molecule has 1 amide bonds. The number of likely N-dealkylation sites (tertiary alicyclic amines) is 1. The Kier molecular flexibility index (Phi) is 4.46. The predicted molar refractivity (Wildman–Crippen MR) is 72.7 cm³/mol. The Balaban J connectivity index is 2.06. The molecular formula is C13H18ClNOS. The van der Waals surface area contributed by atoms with Crippen LogP contribution in [0.2, 0.25) is 0 Å². The lowest BCUT2D eigenvalue weighted by molar-refractivity contribution is -0.130. The molecule has 1 aromatic rings. The molecule has 2 nitrogen and oxygen atoms in total. The molecule has 17 heavy (non-hydrogen) atoms. The molecule has 4 heteroatoms. The predicted octanol–water partition coefficient (Wildman–Crippen LogP) is 3.74. The number of nitrogens with zero attached hydrogens (tertiary/aromatic N) is 1. The van der Waals surface area contributed by atoms with E-state index in [1.54, 1.807) is 11.3 Å². The zero-order chi connectivity index (χ0) is 12.3.